The van der Waals surface area contributed by atoms with Crippen LogP contribution in [0.25, 0.3) is 10.9 Å². The molecule has 0 N–H and O–H groups in total. The predicted molar refractivity (Wildman–Crippen MR) is 104 cm³/mol. The first-order chi connectivity index (χ1) is 13.2. The van der Waals surface area contributed by atoms with Crippen LogP contribution in [0.4, 0.5) is 0 Å². The van der Waals surface area contributed by atoms with Gasteiger partial charge in [-0.2, -0.15) is 0 Å². The topological polar surface area (TPSA) is 51.7 Å². The summed E-state index contributed by atoms with van der Waals surface area (Å²) in [4.78, 5) is 19.6. The quantitative estimate of drug-likeness (QED) is 0.697. The van der Waals surface area contributed by atoms with E-state index >= 15 is 0 Å². The zero-order valence-electron chi connectivity index (χ0n) is 15.5. The van der Waals surface area contributed by atoms with Crippen LogP contribution < -0.4 is 9.47 Å². The minimum atomic E-state index is -0.0296. The molecule has 5 heteroatoms. The maximum absolute atomic E-state index is 13.2. The summed E-state index contributed by atoms with van der Waals surface area (Å²) in [6.07, 6.45) is 1.90. The molecule has 0 radical (unpaired) electrons. The smallest absolute Gasteiger partial charge is 0.272 e. The maximum atomic E-state index is 13.2. The summed E-state index contributed by atoms with van der Waals surface area (Å²) in [6, 6.07) is 17.5. The molecule has 1 fully saturated rings. The maximum Gasteiger partial charge on any atom is 0.272 e. The molecule has 3 aromatic rings. The third kappa shape index (κ3) is 3.21. The molecular formula is C22H22N2O3. The highest BCUT2D eigenvalue weighted by molar-refractivity contribution is 5.95. The number of rotatable bonds is 4. The van der Waals surface area contributed by atoms with Gasteiger partial charge in [0.25, 0.3) is 5.91 Å². The first kappa shape index (κ1) is 17.3. The average molecular weight is 362 g/mol. The number of carbonyl (C=O) groups is 1. The van der Waals surface area contributed by atoms with E-state index < -0.39 is 0 Å². The normalized spacial score (nSPS) is 16.5. The summed E-state index contributed by atoms with van der Waals surface area (Å²) in [5, 5.41) is 1.03. The fraction of sp³-hybridized carbons (Fsp3) is 0.273. The summed E-state index contributed by atoms with van der Waals surface area (Å²) in [7, 11) is 3.24. The predicted octanol–water partition coefficient (Wildman–Crippen LogP) is 4.23. The molecule has 1 amide bonds. The van der Waals surface area contributed by atoms with E-state index in [0.717, 1.165) is 35.9 Å². The van der Waals surface area contributed by atoms with Crippen LogP contribution in [0.2, 0.25) is 0 Å². The average Bonchev–Trinajstić information content (AvgIpc) is 3.22. The van der Waals surface area contributed by atoms with Gasteiger partial charge in [0.15, 0.2) is 11.5 Å². The van der Waals surface area contributed by atoms with Gasteiger partial charge in [-0.1, -0.05) is 30.3 Å². The van der Waals surface area contributed by atoms with Gasteiger partial charge in [0.2, 0.25) is 0 Å². The highest BCUT2D eigenvalue weighted by Crippen LogP contribution is 2.37. The van der Waals surface area contributed by atoms with Crippen molar-refractivity contribution in [3.05, 3.63) is 65.9 Å². The Morgan fingerprint density at radius 2 is 1.85 bits per heavy atom. The molecule has 0 saturated carbocycles. The van der Waals surface area contributed by atoms with Crippen molar-refractivity contribution in [2.45, 2.75) is 18.9 Å². The second-order valence-electron chi connectivity index (χ2n) is 6.66. The lowest BCUT2D eigenvalue weighted by Crippen LogP contribution is -2.31. The number of ether oxygens (including phenoxy) is 2. The number of aromatic nitrogens is 1. The molecule has 1 aliphatic heterocycles. The molecule has 1 saturated heterocycles. The minimum Gasteiger partial charge on any atom is -0.493 e. The van der Waals surface area contributed by atoms with Crippen LogP contribution in [0.5, 0.6) is 11.5 Å². The SMILES string of the molecule is COc1ccc([C@@H]2CCCN2C(=O)c2ccc3ccccc3n2)cc1OC. The van der Waals surface area contributed by atoms with Gasteiger partial charge in [-0.05, 0) is 42.7 Å². The van der Waals surface area contributed by atoms with Crippen molar-refractivity contribution in [2.24, 2.45) is 0 Å². The number of benzene rings is 2. The third-order valence-electron chi connectivity index (χ3n) is 5.12. The van der Waals surface area contributed by atoms with Crippen molar-refractivity contribution in [2.75, 3.05) is 20.8 Å². The molecule has 1 atom stereocenters. The van der Waals surface area contributed by atoms with Gasteiger partial charge in [-0.25, -0.2) is 4.98 Å². The monoisotopic (exact) mass is 362 g/mol. The fourth-order valence-electron chi connectivity index (χ4n) is 3.75. The molecule has 0 aliphatic carbocycles. The van der Waals surface area contributed by atoms with E-state index in [9.17, 15) is 4.79 Å². The van der Waals surface area contributed by atoms with E-state index in [1.54, 1.807) is 14.2 Å². The van der Waals surface area contributed by atoms with Gasteiger partial charge in [0.1, 0.15) is 5.69 Å². The first-order valence-corrected chi connectivity index (χ1v) is 9.10. The molecule has 0 unspecified atom stereocenters. The molecule has 27 heavy (non-hydrogen) atoms. The Kier molecular flexibility index (Phi) is 4.67. The lowest BCUT2D eigenvalue weighted by atomic mass is 10.0. The number of carbonyl (C=O) groups excluding carboxylic acids is 1. The molecule has 5 nitrogen and oxygen atoms in total. The van der Waals surface area contributed by atoms with Gasteiger partial charge in [-0.15, -0.1) is 0 Å². The molecule has 0 spiro atoms. The van der Waals surface area contributed by atoms with Crippen LogP contribution in [0.15, 0.2) is 54.6 Å². The summed E-state index contributed by atoms with van der Waals surface area (Å²) >= 11 is 0. The number of likely N-dealkylation sites (tertiary alicyclic amines) is 1. The summed E-state index contributed by atoms with van der Waals surface area (Å²) in [5.41, 5.74) is 2.38. The molecule has 1 aliphatic rings. The van der Waals surface area contributed by atoms with Gasteiger partial charge >= 0.3 is 0 Å². The van der Waals surface area contributed by atoms with Crippen molar-refractivity contribution in [1.82, 2.24) is 9.88 Å². The Morgan fingerprint density at radius 3 is 2.67 bits per heavy atom. The molecule has 0 bridgehead atoms. The van der Waals surface area contributed by atoms with Crippen LogP contribution in [-0.2, 0) is 0 Å². The van der Waals surface area contributed by atoms with Crippen LogP contribution in [-0.4, -0.2) is 36.6 Å². The van der Waals surface area contributed by atoms with E-state index in [-0.39, 0.29) is 11.9 Å². The highest BCUT2D eigenvalue weighted by Gasteiger charge is 2.31. The lowest BCUT2D eigenvalue weighted by Gasteiger charge is -2.25. The Balaban J connectivity index is 1.65. The molecule has 2 aromatic carbocycles. The minimum absolute atomic E-state index is 0.0191. The van der Waals surface area contributed by atoms with E-state index in [1.807, 2.05) is 59.5 Å². The van der Waals surface area contributed by atoms with Crippen molar-refractivity contribution < 1.29 is 14.3 Å². The Morgan fingerprint density at radius 1 is 1.04 bits per heavy atom. The van der Waals surface area contributed by atoms with E-state index in [4.69, 9.17) is 9.47 Å². The Bertz CT molecular complexity index is 986. The van der Waals surface area contributed by atoms with E-state index in [1.165, 1.54) is 0 Å². The van der Waals surface area contributed by atoms with Crippen LogP contribution in [0.1, 0.15) is 34.9 Å². The van der Waals surface area contributed by atoms with Crippen molar-refractivity contribution in [3.8, 4) is 11.5 Å². The van der Waals surface area contributed by atoms with Crippen molar-refractivity contribution in [1.29, 1.82) is 0 Å². The first-order valence-electron chi connectivity index (χ1n) is 9.10. The number of nitrogens with zero attached hydrogens (tertiary/aromatic N) is 2. The number of hydrogen-bond donors (Lipinski definition) is 0. The van der Waals surface area contributed by atoms with E-state index in [0.29, 0.717) is 17.2 Å². The van der Waals surface area contributed by atoms with Gasteiger partial charge in [0.05, 0.1) is 25.8 Å². The standard InChI is InChI=1S/C22H22N2O3/c1-26-20-12-10-16(14-21(20)27-2)19-8-5-13-24(19)22(25)18-11-9-15-6-3-4-7-17(15)23-18/h3-4,6-7,9-12,14,19H,5,8,13H2,1-2H3/t19-/m0/s1. The van der Waals surface area contributed by atoms with Crippen LogP contribution in [0, 0.1) is 0 Å². The van der Waals surface area contributed by atoms with Gasteiger partial charge in [-0.3, -0.25) is 4.79 Å². The zero-order valence-corrected chi connectivity index (χ0v) is 15.5. The van der Waals surface area contributed by atoms with Gasteiger partial charge < -0.3 is 14.4 Å². The molecule has 138 valence electrons. The van der Waals surface area contributed by atoms with Crippen LogP contribution >= 0.6 is 0 Å². The zero-order chi connectivity index (χ0) is 18.8. The van der Waals surface area contributed by atoms with Gasteiger partial charge in [0, 0.05) is 11.9 Å². The number of para-hydroxylation sites is 1. The number of hydrogen-bond acceptors (Lipinski definition) is 4. The molecule has 4 rings (SSSR count). The number of fused-ring (bicyclic) bond motifs is 1. The van der Waals surface area contributed by atoms with Crippen LogP contribution in [0.3, 0.4) is 0 Å². The number of methoxy groups -OCH3 is 2. The lowest BCUT2D eigenvalue weighted by molar-refractivity contribution is 0.0730. The highest BCUT2D eigenvalue weighted by atomic mass is 16.5. The summed E-state index contributed by atoms with van der Waals surface area (Å²) < 4.78 is 10.7. The van der Waals surface area contributed by atoms with Crippen molar-refractivity contribution >= 4 is 16.8 Å². The number of amides is 1. The Labute approximate surface area is 158 Å². The second kappa shape index (κ2) is 7.27. The summed E-state index contributed by atoms with van der Waals surface area (Å²) in [6.45, 7) is 0.729. The molecular weight excluding hydrogens is 340 g/mol. The molecule has 2 heterocycles. The largest absolute Gasteiger partial charge is 0.493 e. The Hall–Kier alpha value is -3.08. The molecule has 1 aromatic heterocycles. The second-order valence-corrected chi connectivity index (χ2v) is 6.66. The summed E-state index contributed by atoms with van der Waals surface area (Å²) in [5.74, 6) is 1.34. The number of pyridine rings is 1. The van der Waals surface area contributed by atoms with Crippen molar-refractivity contribution in [3.63, 3.8) is 0 Å². The third-order valence-corrected chi connectivity index (χ3v) is 5.12. The fourth-order valence-corrected chi connectivity index (χ4v) is 3.75. The van der Waals surface area contributed by atoms with E-state index in [2.05, 4.69) is 4.98 Å².